The monoisotopic (exact) mass is 243 g/mol. The van der Waals surface area contributed by atoms with Gasteiger partial charge >= 0.3 is 5.97 Å². The minimum Gasteiger partial charge on any atom is -0.481 e. The molecule has 0 bridgehead atoms. The van der Waals surface area contributed by atoms with Crippen LogP contribution in [-0.2, 0) is 9.59 Å². The van der Waals surface area contributed by atoms with Crippen molar-refractivity contribution in [2.45, 2.75) is 19.4 Å². The van der Waals surface area contributed by atoms with Gasteiger partial charge in [0.2, 0.25) is 5.91 Å². The van der Waals surface area contributed by atoms with Crippen LogP contribution >= 0.6 is 0 Å². The Hall–Kier alpha value is -1.98. The van der Waals surface area contributed by atoms with E-state index >= 15 is 0 Å². The molecule has 0 aliphatic carbocycles. The van der Waals surface area contributed by atoms with E-state index in [1.807, 2.05) is 0 Å². The fourth-order valence-electron chi connectivity index (χ4n) is 1.44. The lowest BCUT2D eigenvalue weighted by molar-refractivity contribution is -0.137. The zero-order chi connectivity index (χ0) is 13.0. The van der Waals surface area contributed by atoms with Gasteiger partial charge in [-0.3, -0.25) is 9.59 Å². The van der Waals surface area contributed by atoms with Crippen molar-refractivity contribution in [3.63, 3.8) is 0 Å². The third kappa shape index (κ3) is 3.82. The molecule has 6 heteroatoms. The predicted molar refractivity (Wildman–Crippen MR) is 55.2 cm³/mol. The first-order valence-corrected chi connectivity index (χ1v) is 4.84. The summed E-state index contributed by atoms with van der Waals surface area (Å²) in [7, 11) is 0. The first kappa shape index (κ1) is 13.1. The van der Waals surface area contributed by atoms with Gasteiger partial charge in [0.1, 0.15) is 11.6 Å². The van der Waals surface area contributed by atoms with Crippen LogP contribution in [0.15, 0.2) is 18.2 Å². The van der Waals surface area contributed by atoms with Crippen LogP contribution in [-0.4, -0.2) is 17.0 Å². The van der Waals surface area contributed by atoms with E-state index < -0.39 is 36.0 Å². The van der Waals surface area contributed by atoms with E-state index in [0.717, 1.165) is 12.1 Å². The molecule has 17 heavy (non-hydrogen) atoms. The number of carboxylic acids is 1. The van der Waals surface area contributed by atoms with Crippen LogP contribution in [0.2, 0.25) is 0 Å². The van der Waals surface area contributed by atoms with Crippen molar-refractivity contribution >= 4 is 11.9 Å². The van der Waals surface area contributed by atoms with Crippen LogP contribution < -0.4 is 5.32 Å². The fraction of sp³-hybridized carbons (Fsp3) is 0.273. The summed E-state index contributed by atoms with van der Waals surface area (Å²) in [6.45, 7) is 1.19. The van der Waals surface area contributed by atoms with Crippen molar-refractivity contribution < 1.29 is 23.5 Å². The fourth-order valence-corrected chi connectivity index (χ4v) is 1.44. The molecular formula is C11H11F2NO3. The molecule has 1 rings (SSSR count). The number of carboxylic acid groups (broad SMARTS) is 1. The summed E-state index contributed by atoms with van der Waals surface area (Å²) in [4.78, 5) is 21.5. The number of aliphatic carboxylic acids is 1. The molecule has 2 N–H and O–H groups in total. The molecule has 0 aromatic heterocycles. The average Bonchev–Trinajstić information content (AvgIpc) is 2.14. The molecule has 0 saturated carbocycles. The number of hydrogen-bond donors (Lipinski definition) is 2. The van der Waals surface area contributed by atoms with Crippen LogP contribution in [0, 0.1) is 11.6 Å². The lowest BCUT2D eigenvalue weighted by Gasteiger charge is -2.16. The summed E-state index contributed by atoms with van der Waals surface area (Å²) in [5.74, 6) is -3.32. The lowest BCUT2D eigenvalue weighted by atomic mass is 10.0. The van der Waals surface area contributed by atoms with Gasteiger partial charge in [-0.2, -0.15) is 0 Å². The second kappa shape index (κ2) is 5.38. The quantitative estimate of drug-likeness (QED) is 0.844. The molecule has 1 aromatic carbocycles. The SMILES string of the molecule is CC(=O)N[C@@H](CC(=O)O)c1ccc(F)cc1F. The van der Waals surface area contributed by atoms with Gasteiger partial charge in [0.15, 0.2) is 0 Å². The van der Waals surface area contributed by atoms with Gasteiger partial charge in [-0.05, 0) is 6.07 Å². The highest BCUT2D eigenvalue weighted by molar-refractivity contribution is 5.75. The highest BCUT2D eigenvalue weighted by Crippen LogP contribution is 2.21. The third-order valence-corrected chi connectivity index (χ3v) is 2.09. The Kier molecular flexibility index (Phi) is 4.14. The van der Waals surface area contributed by atoms with Gasteiger partial charge in [0, 0.05) is 18.6 Å². The van der Waals surface area contributed by atoms with Gasteiger partial charge in [0.05, 0.1) is 12.5 Å². The van der Waals surface area contributed by atoms with Gasteiger partial charge < -0.3 is 10.4 Å². The van der Waals surface area contributed by atoms with Crippen molar-refractivity contribution in [2.75, 3.05) is 0 Å². The number of hydrogen-bond acceptors (Lipinski definition) is 2. The molecule has 1 aromatic rings. The molecule has 0 fully saturated rings. The van der Waals surface area contributed by atoms with E-state index in [1.54, 1.807) is 0 Å². The van der Waals surface area contributed by atoms with E-state index in [1.165, 1.54) is 6.92 Å². The number of carbonyl (C=O) groups is 2. The number of halogens is 2. The minimum atomic E-state index is -1.19. The molecule has 1 atom stereocenters. The number of nitrogens with one attached hydrogen (secondary N) is 1. The summed E-state index contributed by atoms with van der Waals surface area (Å²) in [5, 5.41) is 11.0. The first-order chi connectivity index (χ1) is 7.90. The van der Waals surface area contributed by atoms with Crippen LogP contribution in [0.4, 0.5) is 8.78 Å². The maximum atomic E-state index is 13.4. The van der Waals surface area contributed by atoms with Gasteiger partial charge in [-0.1, -0.05) is 6.07 Å². The van der Waals surface area contributed by atoms with Crippen molar-refractivity contribution in [1.29, 1.82) is 0 Å². The summed E-state index contributed by atoms with van der Waals surface area (Å²) >= 11 is 0. The molecule has 0 unspecified atom stereocenters. The molecule has 0 heterocycles. The molecule has 4 nitrogen and oxygen atoms in total. The molecule has 0 saturated heterocycles. The molecule has 0 spiro atoms. The largest absolute Gasteiger partial charge is 0.481 e. The molecule has 0 radical (unpaired) electrons. The Morgan fingerprint density at radius 3 is 2.53 bits per heavy atom. The van der Waals surface area contributed by atoms with Crippen LogP contribution in [0.5, 0.6) is 0 Å². The highest BCUT2D eigenvalue weighted by atomic mass is 19.1. The lowest BCUT2D eigenvalue weighted by Crippen LogP contribution is -2.28. The Labute approximate surface area is 96.3 Å². The van der Waals surface area contributed by atoms with Crippen molar-refractivity contribution in [3.05, 3.63) is 35.4 Å². The molecule has 92 valence electrons. The zero-order valence-electron chi connectivity index (χ0n) is 9.04. The van der Waals surface area contributed by atoms with E-state index in [-0.39, 0.29) is 5.56 Å². The standard InChI is InChI=1S/C11H11F2NO3/c1-6(15)14-10(5-11(16)17)8-3-2-7(12)4-9(8)13/h2-4,10H,5H2,1H3,(H,14,15)(H,16,17)/t10-/m0/s1. The van der Waals surface area contributed by atoms with Crippen molar-refractivity contribution in [1.82, 2.24) is 5.32 Å². The Morgan fingerprint density at radius 1 is 1.41 bits per heavy atom. The smallest absolute Gasteiger partial charge is 0.305 e. The zero-order valence-corrected chi connectivity index (χ0v) is 9.04. The molecular weight excluding hydrogens is 232 g/mol. The topological polar surface area (TPSA) is 66.4 Å². The maximum absolute atomic E-state index is 13.4. The molecule has 1 amide bonds. The first-order valence-electron chi connectivity index (χ1n) is 4.84. The van der Waals surface area contributed by atoms with Crippen LogP contribution in [0.3, 0.4) is 0 Å². The van der Waals surface area contributed by atoms with Crippen molar-refractivity contribution in [3.8, 4) is 0 Å². The second-order valence-electron chi connectivity index (χ2n) is 3.52. The Bertz CT molecular complexity index is 432. The summed E-state index contributed by atoms with van der Waals surface area (Å²) in [6.07, 6.45) is -0.470. The molecule has 0 aliphatic heterocycles. The number of rotatable bonds is 4. The second-order valence-corrected chi connectivity index (χ2v) is 3.52. The van der Waals surface area contributed by atoms with Gasteiger partial charge in [-0.15, -0.1) is 0 Å². The molecule has 0 aliphatic rings. The third-order valence-electron chi connectivity index (χ3n) is 2.09. The van der Waals surface area contributed by atoms with E-state index in [0.29, 0.717) is 6.07 Å². The minimum absolute atomic E-state index is 0.0519. The van der Waals surface area contributed by atoms with Gasteiger partial charge in [-0.25, -0.2) is 8.78 Å². The average molecular weight is 243 g/mol. The predicted octanol–water partition coefficient (Wildman–Crippen LogP) is 1.62. The van der Waals surface area contributed by atoms with Crippen LogP contribution in [0.1, 0.15) is 24.9 Å². The van der Waals surface area contributed by atoms with Crippen molar-refractivity contribution in [2.24, 2.45) is 0 Å². The summed E-state index contributed by atoms with van der Waals surface area (Å²) in [5.41, 5.74) is -0.0519. The number of amides is 1. The van der Waals surface area contributed by atoms with E-state index in [2.05, 4.69) is 5.32 Å². The maximum Gasteiger partial charge on any atom is 0.305 e. The summed E-state index contributed by atoms with van der Waals surface area (Å²) < 4.78 is 26.1. The Balaban J connectivity index is 3.02. The van der Waals surface area contributed by atoms with Crippen LogP contribution in [0.25, 0.3) is 0 Å². The van der Waals surface area contributed by atoms with E-state index in [4.69, 9.17) is 5.11 Å². The number of carbonyl (C=O) groups excluding carboxylic acids is 1. The normalized spacial score (nSPS) is 11.9. The summed E-state index contributed by atoms with van der Waals surface area (Å²) in [6, 6.07) is 1.76. The highest BCUT2D eigenvalue weighted by Gasteiger charge is 2.20. The van der Waals surface area contributed by atoms with Gasteiger partial charge in [0.25, 0.3) is 0 Å². The van der Waals surface area contributed by atoms with E-state index in [9.17, 15) is 18.4 Å². The Morgan fingerprint density at radius 2 is 2.06 bits per heavy atom. The number of benzene rings is 1.